The van der Waals surface area contributed by atoms with Gasteiger partial charge in [0.05, 0.1) is 18.6 Å². The molecule has 0 amide bonds. The van der Waals surface area contributed by atoms with E-state index in [4.69, 9.17) is 18.0 Å². The Morgan fingerprint density at radius 2 is 1.40 bits per heavy atom. The minimum atomic E-state index is -6.42. The van der Waals surface area contributed by atoms with E-state index in [9.17, 15) is 39.9 Å². The molecule has 0 fully saturated rings. The van der Waals surface area contributed by atoms with Crippen molar-refractivity contribution in [2.45, 2.75) is 62.5 Å². The third-order valence-corrected chi connectivity index (χ3v) is 10.0. The molecule has 0 saturated heterocycles. The fourth-order valence-corrected chi connectivity index (χ4v) is 5.55. The highest BCUT2D eigenvalue weighted by atomic mass is 28.4. The van der Waals surface area contributed by atoms with Gasteiger partial charge in [-0.2, -0.15) is 35.1 Å². The number of fused-ring (bicyclic) bond motifs is 1. The lowest BCUT2D eigenvalue weighted by Crippen LogP contribution is -2.62. The van der Waals surface area contributed by atoms with E-state index in [1.165, 1.54) is 18.7 Å². The van der Waals surface area contributed by atoms with Crippen molar-refractivity contribution < 1.29 is 53.1 Å². The second-order valence-corrected chi connectivity index (χ2v) is 13.4. The largest absolute Gasteiger partial charge is 0.493 e. The minimum absolute atomic E-state index is 0.0128. The summed E-state index contributed by atoms with van der Waals surface area (Å²) in [5, 5.41) is 0.433. The minimum Gasteiger partial charge on any atom is -0.493 e. The van der Waals surface area contributed by atoms with Crippen LogP contribution in [0.2, 0.25) is 12.6 Å². The topological polar surface area (TPSA) is 57.9 Å². The van der Waals surface area contributed by atoms with E-state index >= 15 is 0 Å². The van der Waals surface area contributed by atoms with Crippen molar-refractivity contribution in [2.24, 2.45) is 0 Å². The summed E-state index contributed by atoms with van der Waals surface area (Å²) in [6.45, 7) is 1.91. The highest BCUT2D eigenvalue weighted by Gasteiger charge is 2.79. The molecule has 0 aliphatic carbocycles. The van der Waals surface area contributed by atoms with Crippen LogP contribution in [0.3, 0.4) is 0 Å². The number of benzene rings is 2. The summed E-state index contributed by atoms with van der Waals surface area (Å²) in [4.78, 5) is 12.6. The second kappa shape index (κ2) is 12.3. The second-order valence-electron chi connectivity index (χ2n) is 9.86. The molecule has 232 valence electrons. The lowest BCUT2D eigenvalue weighted by atomic mass is 9.95. The molecule has 14 heteroatoms. The fraction of sp³-hybridized carbons (Fsp3) is 0.464. The van der Waals surface area contributed by atoms with Crippen molar-refractivity contribution in [1.82, 2.24) is 0 Å². The molecule has 0 unspecified atom stereocenters. The first-order chi connectivity index (χ1) is 19.4. The van der Waals surface area contributed by atoms with Crippen molar-refractivity contribution in [3.8, 4) is 16.9 Å². The van der Waals surface area contributed by atoms with Gasteiger partial charge in [-0.15, -0.1) is 0 Å². The van der Waals surface area contributed by atoms with Crippen molar-refractivity contribution in [2.75, 3.05) is 20.8 Å². The Labute approximate surface area is 237 Å². The number of alkyl halides is 8. The summed E-state index contributed by atoms with van der Waals surface area (Å²) in [7, 11) is -1.25. The summed E-state index contributed by atoms with van der Waals surface area (Å²) >= 11 is 0. The van der Waals surface area contributed by atoms with Gasteiger partial charge in [0.2, 0.25) is 0 Å². The zero-order valence-corrected chi connectivity index (χ0v) is 24.2. The van der Waals surface area contributed by atoms with Gasteiger partial charge >= 0.3 is 37.9 Å². The van der Waals surface area contributed by atoms with Crippen LogP contribution in [-0.2, 0) is 15.3 Å². The molecule has 42 heavy (non-hydrogen) atoms. The molecule has 1 aromatic heterocycles. The predicted octanol–water partition coefficient (Wildman–Crippen LogP) is 8.09. The molecule has 0 spiro atoms. The number of halogens is 8. The van der Waals surface area contributed by atoms with Gasteiger partial charge in [0.25, 0.3) is 0 Å². The molecule has 5 nitrogen and oxygen atoms in total. The maximum absolute atomic E-state index is 14.4. The monoisotopic (exact) mass is 626 g/mol. The zero-order valence-electron chi connectivity index (χ0n) is 23.2. The maximum atomic E-state index is 14.4. The number of hydrogen-bond acceptors (Lipinski definition) is 5. The van der Waals surface area contributed by atoms with Gasteiger partial charge in [-0.05, 0) is 48.3 Å². The van der Waals surface area contributed by atoms with Gasteiger partial charge in [-0.25, -0.2) is 4.79 Å². The molecule has 3 aromatic rings. The van der Waals surface area contributed by atoms with Crippen LogP contribution in [-0.4, -0.2) is 53.1 Å². The van der Waals surface area contributed by atoms with E-state index in [-0.39, 0.29) is 16.9 Å². The third kappa shape index (κ3) is 6.49. The molecule has 0 saturated carbocycles. The zero-order chi connectivity index (χ0) is 31.6. The molecule has 0 bridgehead atoms. The summed E-state index contributed by atoms with van der Waals surface area (Å²) < 4.78 is 135. The van der Waals surface area contributed by atoms with Crippen LogP contribution in [0.1, 0.15) is 25.3 Å². The molecule has 0 atom stereocenters. The van der Waals surface area contributed by atoms with Gasteiger partial charge in [0.1, 0.15) is 11.3 Å². The van der Waals surface area contributed by atoms with Gasteiger partial charge in [-0.3, -0.25) is 0 Å². The molecule has 0 aliphatic rings. The van der Waals surface area contributed by atoms with E-state index in [1.54, 1.807) is 18.2 Å². The number of hydrogen-bond donors (Lipinski definition) is 0. The molecular weight excluding hydrogens is 596 g/mol. The van der Waals surface area contributed by atoms with E-state index in [0.29, 0.717) is 17.4 Å². The van der Waals surface area contributed by atoms with Crippen molar-refractivity contribution in [1.29, 1.82) is 0 Å². The van der Waals surface area contributed by atoms with Crippen molar-refractivity contribution in [3.05, 3.63) is 64.5 Å². The number of aryl methyl sites for hydroxylation is 1. The first-order valence-corrected chi connectivity index (χ1v) is 15.4. The Bertz CT molecular complexity index is 1440. The average molecular weight is 627 g/mol. The first-order valence-electron chi connectivity index (χ1n) is 12.9. The van der Waals surface area contributed by atoms with Gasteiger partial charge in [0, 0.05) is 32.1 Å². The van der Waals surface area contributed by atoms with Gasteiger partial charge in [0.15, 0.2) is 0 Å². The van der Waals surface area contributed by atoms with Crippen molar-refractivity contribution in [3.63, 3.8) is 0 Å². The van der Waals surface area contributed by atoms with Crippen LogP contribution in [0.25, 0.3) is 22.1 Å². The SMILES string of the molecule is CCc1ccccc1-c1cc2ccc(OCCC(F)(F)C(F)(F)C(F)(F)C(F)(F)CC[Si](C)(OC)OC)cc2oc1=O. The molecule has 3 rings (SSSR count). The lowest BCUT2D eigenvalue weighted by Gasteiger charge is -2.37. The smallest absolute Gasteiger partial charge is 0.378 e. The van der Waals surface area contributed by atoms with Crippen LogP contribution < -0.4 is 10.4 Å². The van der Waals surface area contributed by atoms with Crippen LogP contribution >= 0.6 is 0 Å². The van der Waals surface area contributed by atoms with Crippen LogP contribution in [0.5, 0.6) is 5.75 Å². The van der Waals surface area contributed by atoms with E-state index in [0.717, 1.165) is 25.8 Å². The quantitative estimate of drug-likeness (QED) is 0.103. The van der Waals surface area contributed by atoms with E-state index in [2.05, 4.69) is 0 Å². The number of ether oxygens (including phenoxy) is 1. The Hall–Kier alpha value is -2.97. The third-order valence-electron chi connectivity index (χ3n) is 7.15. The van der Waals surface area contributed by atoms with Crippen LogP contribution in [0.4, 0.5) is 35.1 Å². The molecule has 0 N–H and O–H groups in total. The summed E-state index contributed by atoms with van der Waals surface area (Å²) in [6, 6.07) is 11.7. The molecule has 1 heterocycles. The lowest BCUT2D eigenvalue weighted by molar-refractivity contribution is -0.367. The van der Waals surface area contributed by atoms with E-state index in [1.807, 2.05) is 19.1 Å². The normalized spacial score (nSPS) is 13.5. The summed E-state index contributed by atoms with van der Waals surface area (Å²) in [5.41, 5.74) is 1.13. The number of rotatable bonds is 14. The van der Waals surface area contributed by atoms with Crippen LogP contribution in [0.15, 0.2) is 57.7 Å². The molecule has 0 aliphatic heterocycles. The Morgan fingerprint density at radius 1 is 0.810 bits per heavy atom. The maximum Gasteiger partial charge on any atom is 0.378 e. The summed E-state index contributed by atoms with van der Waals surface area (Å²) in [6.07, 6.45) is -3.22. The Balaban J connectivity index is 1.74. The van der Waals surface area contributed by atoms with Gasteiger partial charge < -0.3 is 18.0 Å². The molecule has 2 aromatic carbocycles. The predicted molar refractivity (Wildman–Crippen MR) is 142 cm³/mol. The van der Waals surface area contributed by atoms with Crippen molar-refractivity contribution >= 4 is 19.5 Å². The average Bonchev–Trinajstić information content (AvgIpc) is 2.95. The fourth-order valence-electron chi connectivity index (χ4n) is 4.20. The van der Waals surface area contributed by atoms with Crippen LogP contribution in [0, 0.1) is 0 Å². The van der Waals surface area contributed by atoms with Gasteiger partial charge in [-0.1, -0.05) is 31.2 Å². The Morgan fingerprint density at radius 3 is 2.00 bits per heavy atom. The molecular formula is C28H30F8O5Si. The Kier molecular flexibility index (Phi) is 9.84. The molecule has 0 radical (unpaired) electrons. The first kappa shape index (κ1) is 33.5. The highest BCUT2D eigenvalue weighted by Crippen LogP contribution is 2.55. The van der Waals surface area contributed by atoms with E-state index < -0.39 is 63.4 Å². The summed E-state index contributed by atoms with van der Waals surface area (Å²) in [5.74, 6) is -24.1. The standard InChI is InChI=1S/C28H30F8O5Si/c1-5-18-8-6-7-9-21(18)22-16-19-10-11-20(17-23(19)41-24(22)37)40-14-12-25(29,30)27(33,34)28(35,36)26(31,32)13-15-42(4,38-2)39-3/h6-11,16-17H,5,12-15H2,1-4H3. The highest BCUT2D eigenvalue weighted by molar-refractivity contribution is 6.65.